The minimum atomic E-state index is -0.298. The van der Waals surface area contributed by atoms with E-state index < -0.39 is 0 Å². The highest BCUT2D eigenvalue weighted by Crippen LogP contribution is 2.20. The summed E-state index contributed by atoms with van der Waals surface area (Å²) in [6.07, 6.45) is 0.181. The summed E-state index contributed by atoms with van der Waals surface area (Å²) in [5.41, 5.74) is 1.02. The second kappa shape index (κ2) is 9.13. The molecule has 5 nitrogen and oxygen atoms in total. The molecule has 1 aromatic carbocycles. The molecule has 116 valence electrons. The van der Waals surface area contributed by atoms with Crippen LogP contribution in [0, 0.1) is 0 Å². The minimum Gasteiger partial charge on any atom is -0.466 e. The third kappa shape index (κ3) is 5.55. The van der Waals surface area contributed by atoms with Crippen LogP contribution in [-0.4, -0.2) is 43.6 Å². The van der Waals surface area contributed by atoms with E-state index in [0.717, 1.165) is 5.56 Å². The van der Waals surface area contributed by atoms with Gasteiger partial charge in [0.25, 0.3) is 0 Å². The van der Waals surface area contributed by atoms with Crippen LogP contribution < -0.4 is 0 Å². The fourth-order valence-electron chi connectivity index (χ4n) is 2.10. The molecule has 5 heteroatoms. The number of methoxy groups -OCH3 is 1. The number of hydrogen-bond acceptors (Lipinski definition) is 4. The first-order chi connectivity index (χ1) is 10.1. The third-order valence-corrected chi connectivity index (χ3v) is 3.20. The Bertz CT molecular complexity index is 447. The van der Waals surface area contributed by atoms with Gasteiger partial charge < -0.3 is 14.4 Å². The van der Waals surface area contributed by atoms with Crippen molar-refractivity contribution in [3.63, 3.8) is 0 Å². The van der Waals surface area contributed by atoms with Crippen LogP contribution in [0.25, 0.3) is 0 Å². The molecular formula is C16H23NO4. The van der Waals surface area contributed by atoms with Crippen LogP contribution >= 0.6 is 0 Å². The van der Waals surface area contributed by atoms with Gasteiger partial charge in [0.05, 0.1) is 19.1 Å². The summed E-state index contributed by atoms with van der Waals surface area (Å²) >= 11 is 0. The average Bonchev–Trinajstić information content (AvgIpc) is 2.48. The van der Waals surface area contributed by atoms with Gasteiger partial charge in [0, 0.05) is 13.7 Å². The fourth-order valence-corrected chi connectivity index (χ4v) is 2.10. The highest BCUT2D eigenvalue weighted by molar-refractivity contribution is 5.79. The van der Waals surface area contributed by atoms with Crippen molar-refractivity contribution in [3.8, 4) is 0 Å². The van der Waals surface area contributed by atoms with Crippen molar-refractivity contribution in [1.29, 1.82) is 0 Å². The van der Waals surface area contributed by atoms with E-state index in [2.05, 4.69) is 0 Å². The van der Waals surface area contributed by atoms with Crippen LogP contribution in [-0.2, 0) is 19.1 Å². The Hall–Kier alpha value is -1.88. The molecule has 0 aliphatic rings. The molecule has 21 heavy (non-hydrogen) atoms. The van der Waals surface area contributed by atoms with E-state index in [1.807, 2.05) is 37.3 Å². The zero-order valence-electron chi connectivity index (χ0n) is 12.9. The molecule has 0 aromatic heterocycles. The Kier molecular flexibility index (Phi) is 7.46. The predicted octanol–water partition coefficient (Wildman–Crippen LogP) is 2.18. The van der Waals surface area contributed by atoms with E-state index in [4.69, 9.17) is 9.47 Å². The summed E-state index contributed by atoms with van der Waals surface area (Å²) < 4.78 is 9.83. The van der Waals surface area contributed by atoms with Crippen LogP contribution in [0.2, 0.25) is 0 Å². The lowest BCUT2D eigenvalue weighted by molar-refractivity contribution is -0.145. The second-order valence-corrected chi connectivity index (χ2v) is 4.66. The van der Waals surface area contributed by atoms with Crippen LogP contribution in [0.5, 0.6) is 0 Å². The molecule has 1 unspecified atom stereocenters. The van der Waals surface area contributed by atoms with Crippen LogP contribution in [0.4, 0.5) is 0 Å². The van der Waals surface area contributed by atoms with Crippen molar-refractivity contribution < 1.29 is 19.1 Å². The molecule has 0 heterocycles. The Balaban J connectivity index is 2.77. The molecule has 0 saturated carbocycles. The van der Waals surface area contributed by atoms with Gasteiger partial charge in [0.1, 0.15) is 6.61 Å². The highest BCUT2D eigenvalue weighted by Gasteiger charge is 2.22. The molecule has 0 N–H and O–H groups in total. The smallest absolute Gasteiger partial charge is 0.307 e. The van der Waals surface area contributed by atoms with Gasteiger partial charge in [0.15, 0.2) is 0 Å². The van der Waals surface area contributed by atoms with E-state index in [9.17, 15) is 9.59 Å². The Morgan fingerprint density at radius 1 is 1.24 bits per heavy atom. The van der Waals surface area contributed by atoms with Gasteiger partial charge in [-0.25, -0.2) is 0 Å². The first kappa shape index (κ1) is 17.2. The molecular weight excluding hydrogens is 270 g/mol. The number of esters is 1. The normalized spacial score (nSPS) is 11.8. The zero-order valence-corrected chi connectivity index (χ0v) is 12.9. The number of carbonyl (C=O) groups excluding carboxylic acids is 2. The van der Waals surface area contributed by atoms with E-state index in [1.165, 1.54) is 7.11 Å². The van der Waals surface area contributed by atoms with Crippen LogP contribution in [0.1, 0.15) is 31.9 Å². The minimum absolute atomic E-state index is 0.00000102. The first-order valence-electron chi connectivity index (χ1n) is 7.09. The van der Waals surface area contributed by atoms with Crippen molar-refractivity contribution >= 4 is 11.9 Å². The molecule has 0 aliphatic heterocycles. The van der Waals surface area contributed by atoms with Crippen molar-refractivity contribution in [3.05, 3.63) is 35.9 Å². The molecule has 1 atom stereocenters. The third-order valence-electron chi connectivity index (χ3n) is 3.20. The summed E-state index contributed by atoms with van der Waals surface area (Å²) in [4.78, 5) is 25.3. The Labute approximate surface area is 125 Å². The number of hydrogen-bond donors (Lipinski definition) is 0. The maximum Gasteiger partial charge on any atom is 0.307 e. The SMILES string of the molecule is CCOC(=O)CCN(C(=O)COC)C(C)c1ccccc1. The molecule has 0 aliphatic carbocycles. The van der Waals surface area contributed by atoms with Gasteiger partial charge >= 0.3 is 5.97 Å². The van der Waals surface area contributed by atoms with Gasteiger partial charge in [-0.1, -0.05) is 30.3 Å². The van der Waals surface area contributed by atoms with E-state index in [0.29, 0.717) is 13.2 Å². The van der Waals surface area contributed by atoms with E-state index in [-0.39, 0.29) is 30.9 Å². The molecule has 1 aromatic rings. The molecule has 0 fully saturated rings. The number of amides is 1. The highest BCUT2D eigenvalue weighted by atomic mass is 16.5. The Morgan fingerprint density at radius 2 is 1.90 bits per heavy atom. The number of carbonyl (C=O) groups is 2. The molecule has 1 rings (SSSR count). The number of rotatable bonds is 8. The summed E-state index contributed by atoms with van der Waals surface area (Å²) in [5.74, 6) is -0.439. The van der Waals surface area contributed by atoms with Gasteiger partial charge in [-0.2, -0.15) is 0 Å². The van der Waals surface area contributed by atoms with Crippen LogP contribution in [0.15, 0.2) is 30.3 Å². The standard InChI is InChI=1S/C16H23NO4/c1-4-21-16(19)10-11-17(15(18)12-20-3)13(2)14-8-6-5-7-9-14/h5-9,13H,4,10-12H2,1-3H3. The lowest BCUT2D eigenvalue weighted by Crippen LogP contribution is -2.37. The van der Waals surface area contributed by atoms with E-state index in [1.54, 1.807) is 11.8 Å². The molecule has 0 radical (unpaired) electrons. The van der Waals surface area contributed by atoms with Crippen molar-refractivity contribution in [2.24, 2.45) is 0 Å². The molecule has 0 saturated heterocycles. The van der Waals surface area contributed by atoms with Gasteiger partial charge in [-0.05, 0) is 19.4 Å². The van der Waals surface area contributed by atoms with Gasteiger partial charge in [0.2, 0.25) is 5.91 Å². The van der Waals surface area contributed by atoms with Gasteiger partial charge in [-0.3, -0.25) is 9.59 Å². The average molecular weight is 293 g/mol. The summed E-state index contributed by atoms with van der Waals surface area (Å²) in [7, 11) is 1.48. The largest absolute Gasteiger partial charge is 0.466 e. The number of ether oxygens (including phenoxy) is 2. The quantitative estimate of drug-likeness (QED) is 0.689. The maximum atomic E-state index is 12.2. The van der Waals surface area contributed by atoms with Crippen molar-refractivity contribution in [2.45, 2.75) is 26.3 Å². The molecule has 0 bridgehead atoms. The van der Waals surface area contributed by atoms with E-state index >= 15 is 0 Å². The van der Waals surface area contributed by atoms with Gasteiger partial charge in [-0.15, -0.1) is 0 Å². The van der Waals surface area contributed by atoms with Crippen molar-refractivity contribution in [1.82, 2.24) is 4.90 Å². The van der Waals surface area contributed by atoms with Crippen molar-refractivity contribution in [2.75, 3.05) is 26.9 Å². The summed E-state index contributed by atoms with van der Waals surface area (Å²) in [6.45, 7) is 4.36. The molecule has 0 spiro atoms. The maximum absolute atomic E-state index is 12.2. The lowest BCUT2D eigenvalue weighted by atomic mass is 10.1. The number of nitrogens with zero attached hydrogens (tertiary/aromatic N) is 1. The lowest BCUT2D eigenvalue weighted by Gasteiger charge is -2.29. The fraction of sp³-hybridized carbons (Fsp3) is 0.500. The topological polar surface area (TPSA) is 55.8 Å². The first-order valence-corrected chi connectivity index (χ1v) is 7.09. The summed E-state index contributed by atoms with van der Waals surface area (Å²) in [6, 6.07) is 9.58. The zero-order chi connectivity index (χ0) is 15.7. The summed E-state index contributed by atoms with van der Waals surface area (Å²) in [5, 5.41) is 0. The second-order valence-electron chi connectivity index (χ2n) is 4.66. The monoisotopic (exact) mass is 293 g/mol. The Morgan fingerprint density at radius 3 is 2.48 bits per heavy atom. The predicted molar refractivity (Wildman–Crippen MR) is 79.7 cm³/mol. The molecule has 1 amide bonds. The van der Waals surface area contributed by atoms with Crippen LogP contribution in [0.3, 0.4) is 0 Å². The number of benzene rings is 1.